The van der Waals surface area contributed by atoms with Gasteiger partial charge < -0.3 is 14.8 Å². The summed E-state index contributed by atoms with van der Waals surface area (Å²) in [6, 6.07) is 20.9. The number of nitrogens with zero attached hydrogens (tertiary/aromatic N) is 2. The van der Waals surface area contributed by atoms with E-state index in [2.05, 4.69) is 5.32 Å². The molecule has 1 N–H and O–H groups in total. The van der Waals surface area contributed by atoms with Crippen molar-refractivity contribution in [1.82, 2.24) is 0 Å². The fraction of sp³-hybridized carbons (Fsp3) is 0.115. The summed E-state index contributed by atoms with van der Waals surface area (Å²) in [6.45, 7) is 2.02. The third-order valence-electron chi connectivity index (χ3n) is 4.75. The second-order valence-corrected chi connectivity index (χ2v) is 7.18. The first kappa shape index (κ1) is 24.7. The summed E-state index contributed by atoms with van der Waals surface area (Å²) in [7, 11) is 0. The van der Waals surface area contributed by atoms with Crippen molar-refractivity contribution in [2.24, 2.45) is 0 Å². The molecule has 176 valence electrons. The van der Waals surface area contributed by atoms with Gasteiger partial charge in [0.25, 0.3) is 11.6 Å². The van der Waals surface area contributed by atoms with Crippen molar-refractivity contribution in [3.63, 3.8) is 0 Å². The standard InChI is InChI=1S/C26H21N3O6/c1-2-34-26(31)19-10-12-22(13-11-19)28-25(30)21(16-27)15-20-7-3-4-9-24(20)35-17-18-6-5-8-23(14-18)29(32)33/h3-15H,2,17H2,1H3,(H,28,30)/b21-15+. The first-order valence-electron chi connectivity index (χ1n) is 10.6. The Balaban J connectivity index is 1.73. The Bertz CT molecular complexity index is 1310. The van der Waals surface area contributed by atoms with Crippen LogP contribution in [0.15, 0.2) is 78.4 Å². The summed E-state index contributed by atoms with van der Waals surface area (Å²) < 4.78 is 10.7. The third kappa shape index (κ3) is 6.76. The molecule has 0 unspecified atom stereocenters. The lowest BCUT2D eigenvalue weighted by Gasteiger charge is -2.10. The molecule has 0 aliphatic carbocycles. The molecule has 3 rings (SSSR count). The maximum absolute atomic E-state index is 12.7. The van der Waals surface area contributed by atoms with Crippen LogP contribution < -0.4 is 10.1 Å². The molecule has 0 aliphatic rings. The molecule has 0 aromatic heterocycles. The summed E-state index contributed by atoms with van der Waals surface area (Å²) in [5.74, 6) is -0.701. The van der Waals surface area contributed by atoms with Crippen molar-refractivity contribution < 1.29 is 24.0 Å². The lowest BCUT2D eigenvalue weighted by Crippen LogP contribution is -2.13. The van der Waals surface area contributed by atoms with Gasteiger partial charge in [-0.05, 0) is 48.9 Å². The number of nitriles is 1. The number of ether oxygens (including phenoxy) is 2. The predicted molar refractivity (Wildman–Crippen MR) is 128 cm³/mol. The molecule has 0 atom stereocenters. The number of nitrogens with one attached hydrogen (secondary N) is 1. The molecule has 35 heavy (non-hydrogen) atoms. The Morgan fingerprint density at radius 3 is 2.51 bits per heavy atom. The average molecular weight is 471 g/mol. The van der Waals surface area contributed by atoms with Gasteiger partial charge in [0.1, 0.15) is 24.0 Å². The van der Waals surface area contributed by atoms with Gasteiger partial charge in [0.15, 0.2) is 0 Å². The number of non-ortho nitro benzene ring substituents is 1. The van der Waals surface area contributed by atoms with E-state index in [0.29, 0.717) is 28.1 Å². The van der Waals surface area contributed by atoms with Crippen LogP contribution in [-0.4, -0.2) is 23.4 Å². The van der Waals surface area contributed by atoms with Crippen LogP contribution in [-0.2, 0) is 16.1 Å². The van der Waals surface area contributed by atoms with Crippen molar-refractivity contribution in [2.75, 3.05) is 11.9 Å². The van der Waals surface area contributed by atoms with Gasteiger partial charge in [-0.1, -0.05) is 30.3 Å². The summed E-state index contributed by atoms with van der Waals surface area (Å²) >= 11 is 0. The Morgan fingerprint density at radius 1 is 1.09 bits per heavy atom. The number of anilines is 1. The number of rotatable bonds is 9. The summed E-state index contributed by atoms with van der Waals surface area (Å²) in [5, 5.41) is 23.1. The number of carbonyl (C=O) groups is 2. The highest BCUT2D eigenvalue weighted by atomic mass is 16.6. The van der Waals surface area contributed by atoms with Crippen molar-refractivity contribution in [2.45, 2.75) is 13.5 Å². The van der Waals surface area contributed by atoms with Gasteiger partial charge in [-0.25, -0.2) is 4.79 Å². The smallest absolute Gasteiger partial charge is 0.338 e. The highest BCUT2D eigenvalue weighted by Crippen LogP contribution is 2.23. The number of hydrogen-bond donors (Lipinski definition) is 1. The minimum absolute atomic E-state index is 0.0435. The Labute approximate surface area is 201 Å². The normalized spacial score (nSPS) is 10.7. The number of amides is 1. The molecule has 0 radical (unpaired) electrons. The van der Waals surface area contributed by atoms with E-state index in [1.807, 2.05) is 6.07 Å². The monoisotopic (exact) mass is 471 g/mol. The number of esters is 1. The van der Waals surface area contributed by atoms with Crippen molar-refractivity contribution >= 4 is 29.3 Å². The topological polar surface area (TPSA) is 132 Å². The molecule has 0 spiro atoms. The molecule has 0 bridgehead atoms. The summed E-state index contributed by atoms with van der Waals surface area (Å²) in [5.41, 5.74) is 1.63. The molecular weight excluding hydrogens is 450 g/mol. The minimum Gasteiger partial charge on any atom is -0.488 e. The molecule has 0 saturated carbocycles. The maximum atomic E-state index is 12.7. The fourth-order valence-corrected chi connectivity index (χ4v) is 3.06. The highest BCUT2D eigenvalue weighted by Gasteiger charge is 2.13. The minimum atomic E-state index is -0.634. The molecule has 0 heterocycles. The van der Waals surface area contributed by atoms with Crippen molar-refractivity contribution in [1.29, 1.82) is 5.26 Å². The van der Waals surface area contributed by atoms with Crippen LogP contribution in [0, 0.1) is 21.4 Å². The van der Waals surface area contributed by atoms with Crippen LogP contribution in [0.3, 0.4) is 0 Å². The molecule has 0 fully saturated rings. The first-order valence-corrected chi connectivity index (χ1v) is 10.6. The van der Waals surface area contributed by atoms with E-state index >= 15 is 0 Å². The predicted octanol–water partition coefficient (Wildman–Crippen LogP) is 4.90. The average Bonchev–Trinajstić information content (AvgIpc) is 2.87. The van der Waals surface area contributed by atoms with Crippen LogP contribution in [0.25, 0.3) is 6.08 Å². The lowest BCUT2D eigenvalue weighted by molar-refractivity contribution is -0.384. The molecule has 3 aromatic carbocycles. The molecule has 1 amide bonds. The van der Waals surface area contributed by atoms with Gasteiger partial charge >= 0.3 is 5.97 Å². The zero-order valence-electron chi connectivity index (χ0n) is 18.8. The molecule has 3 aromatic rings. The Kier molecular flexibility index (Phi) is 8.29. The number of carbonyl (C=O) groups excluding carboxylic acids is 2. The summed E-state index contributed by atoms with van der Waals surface area (Å²) in [6.07, 6.45) is 1.39. The second-order valence-electron chi connectivity index (χ2n) is 7.18. The SMILES string of the molecule is CCOC(=O)c1ccc(NC(=O)/C(C#N)=C/c2ccccc2OCc2cccc([N+](=O)[O-])c2)cc1. The molecular formula is C26H21N3O6. The van der Waals surface area contributed by atoms with Gasteiger partial charge in [-0.2, -0.15) is 5.26 Å². The number of hydrogen-bond acceptors (Lipinski definition) is 7. The number of nitro benzene ring substituents is 1. The fourth-order valence-electron chi connectivity index (χ4n) is 3.06. The van der Waals surface area contributed by atoms with E-state index in [4.69, 9.17) is 9.47 Å². The lowest BCUT2D eigenvalue weighted by atomic mass is 10.1. The van der Waals surface area contributed by atoms with E-state index in [0.717, 1.165) is 0 Å². The van der Waals surface area contributed by atoms with E-state index in [1.54, 1.807) is 43.3 Å². The zero-order valence-corrected chi connectivity index (χ0v) is 18.8. The number of nitro groups is 1. The maximum Gasteiger partial charge on any atom is 0.338 e. The van der Waals surface area contributed by atoms with Gasteiger partial charge in [0.05, 0.1) is 17.1 Å². The summed E-state index contributed by atoms with van der Waals surface area (Å²) in [4.78, 5) is 34.9. The highest BCUT2D eigenvalue weighted by molar-refractivity contribution is 6.10. The number of benzene rings is 3. The Hall–Kier alpha value is -4.97. The quantitative estimate of drug-likeness (QED) is 0.154. The number of para-hydroxylation sites is 1. The molecule has 0 saturated heterocycles. The Morgan fingerprint density at radius 2 is 1.83 bits per heavy atom. The molecule has 9 nitrogen and oxygen atoms in total. The molecule has 0 aliphatic heterocycles. The van der Waals surface area contributed by atoms with Gasteiger partial charge in [0, 0.05) is 23.4 Å². The third-order valence-corrected chi connectivity index (χ3v) is 4.75. The van der Waals surface area contributed by atoms with Gasteiger partial charge in [0.2, 0.25) is 0 Å². The first-order chi connectivity index (χ1) is 16.9. The van der Waals surface area contributed by atoms with E-state index in [-0.39, 0.29) is 24.5 Å². The van der Waals surface area contributed by atoms with E-state index in [9.17, 15) is 25.0 Å². The van der Waals surface area contributed by atoms with Crippen LogP contribution >= 0.6 is 0 Å². The van der Waals surface area contributed by atoms with Crippen LogP contribution in [0.4, 0.5) is 11.4 Å². The van der Waals surface area contributed by atoms with Crippen LogP contribution in [0.1, 0.15) is 28.4 Å². The second kappa shape index (κ2) is 11.8. The van der Waals surface area contributed by atoms with Crippen molar-refractivity contribution in [3.8, 4) is 11.8 Å². The van der Waals surface area contributed by atoms with E-state index in [1.165, 1.54) is 42.5 Å². The van der Waals surface area contributed by atoms with Crippen LogP contribution in [0.5, 0.6) is 5.75 Å². The van der Waals surface area contributed by atoms with Gasteiger partial charge in [-0.15, -0.1) is 0 Å². The van der Waals surface area contributed by atoms with Crippen LogP contribution in [0.2, 0.25) is 0 Å². The molecule has 9 heteroatoms. The van der Waals surface area contributed by atoms with Gasteiger partial charge in [-0.3, -0.25) is 14.9 Å². The van der Waals surface area contributed by atoms with Crippen molar-refractivity contribution in [3.05, 3.63) is 105 Å². The van der Waals surface area contributed by atoms with E-state index < -0.39 is 16.8 Å². The largest absolute Gasteiger partial charge is 0.488 e. The zero-order chi connectivity index (χ0) is 25.2.